The fourth-order valence-corrected chi connectivity index (χ4v) is 8.10. The monoisotopic (exact) mass is 360 g/mol. The number of rotatable bonds is 1. The number of epoxide rings is 1. The number of aliphatic hydroxyl groups excluding tert-OH is 1. The molecule has 4 aliphatic carbocycles. The van der Waals surface area contributed by atoms with Crippen LogP contribution in [0.5, 0.6) is 0 Å². The molecule has 0 unspecified atom stereocenters. The highest BCUT2D eigenvalue weighted by atomic mass is 16.6. The van der Waals surface area contributed by atoms with Crippen LogP contribution in [-0.4, -0.2) is 48.1 Å². The second kappa shape index (κ2) is 4.20. The Kier molecular flexibility index (Phi) is 2.52. The van der Waals surface area contributed by atoms with E-state index in [1.165, 1.54) is 12.7 Å². The van der Waals surface area contributed by atoms with E-state index in [4.69, 9.17) is 14.2 Å². The molecule has 2 heterocycles. The van der Waals surface area contributed by atoms with Crippen molar-refractivity contribution in [2.45, 2.75) is 56.5 Å². The number of methoxy groups -OCH3 is 1. The lowest BCUT2D eigenvalue weighted by Gasteiger charge is -2.45. The van der Waals surface area contributed by atoms with Crippen molar-refractivity contribution < 1.29 is 28.9 Å². The second-order valence-electron chi connectivity index (χ2n) is 9.57. The van der Waals surface area contributed by atoms with Crippen LogP contribution >= 0.6 is 0 Å². The van der Waals surface area contributed by atoms with Crippen molar-refractivity contribution in [2.24, 2.45) is 34.5 Å². The van der Waals surface area contributed by atoms with Crippen LogP contribution in [0.4, 0.5) is 0 Å². The molecule has 6 fully saturated rings. The van der Waals surface area contributed by atoms with Gasteiger partial charge >= 0.3 is 11.9 Å². The predicted molar refractivity (Wildman–Crippen MR) is 87.6 cm³/mol. The highest BCUT2D eigenvalue weighted by Crippen LogP contribution is 2.79. The first-order valence-electron chi connectivity index (χ1n) is 9.65. The minimum Gasteiger partial charge on any atom is -0.469 e. The Hall–Kier alpha value is -1.40. The van der Waals surface area contributed by atoms with E-state index in [9.17, 15) is 14.7 Å². The Labute approximate surface area is 151 Å². The van der Waals surface area contributed by atoms with Gasteiger partial charge in [-0.3, -0.25) is 9.59 Å². The molecule has 2 saturated heterocycles. The van der Waals surface area contributed by atoms with Crippen molar-refractivity contribution >= 4 is 11.9 Å². The highest BCUT2D eigenvalue weighted by molar-refractivity contribution is 5.87. The van der Waals surface area contributed by atoms with Gasteiger partial charge in [0.1, 0.15) is 29.3 Å². The summed E-state index contributed by atoms with van der Waals surface area (Å²) in [6, 6.07) is 0. The largest absolute Gasteiger partial charge is 0.469 e. The number of ether oxygens (including phenoxy) is 3. The molecule has 1 N–H and O–H groups in total. The van der Waals surface area contributed by atoms with Gasteiger partial charge < -0.3 is 19.3 Å². The van der Waals surface area contributed by atoms with Crippen LogP contribution in [-0.2, 0) is 23.8 Å². The molecule has 0 amide bonds. The quantitative estimate of drug-likeness (QED) is 0.430. The minimum atomic E-state index is -1.03. The van der Waals surface area contributed by atoms with E-state index in [1.807, 2.05) is 6.92 Å². The van der Waals surface area contributed by atoms with Gasteiger partial charge in [-0.2, -0.15) is 0 Å². The number of hydrogen-bond acceptors (Lipinski definition) is 6. The molecule has 0 radical (unpaired) electrons. The Morgan fingerprint density at radius 2 is 2.15 bits per heavy atom. The Morgan fingerprint density at radius 3 is 2.88 bits per heavy atom. The maximum atomic E-state index is 13.1. The standard InChI is InChI=1S/C20H24O6/c1-8-6-19-7-9(8)4-5-10(19)20-13(11(19)16(22)24-3)18(2,17(23)26-20)15-12(25-15)14(20)21/h9-15,21H,1,4-7H2,2-3H3/t9-,10-,11-,12+,13-,14+,15+,18+,19+,20-/m1/s1. The number of carbonyl (C=O) groups excluding carboxylic acids is 2. The van der Waals surface area contributed by atoms with E-state index >= 15 is 0 Å². The van der Waals surface area contributed by atoms with E-state index < -0.39 is 29.0 Å². The predicted octanol–water partition coefficient (Wildman–Crippen LogP) is 1.21. The molecule has 0 aromatic heterocycles. The Bertz CT molecular complexity index is 776. The molecule has 0 aromatic rings. The molecule has 140 valence electrons. The lowest BCUT2D eigenvalue weighted by molar-refractivity contribution is -0.178. The number of carbonyl (C=O) groups is 2. The van der Waals surface area contributed by atoms with Crippen molar-refractivity contribution in [1.82, 2.24) is 0 Å². The van der Waals surface area contributed by atoms with Gasteiger partial charge in [0.2, 0.25) is 0 Å². The summed E-state index contributed by atoms with van der Waals surface area (Å²) in [5.41, 5.74) is -1.05. The smallest absolute Gasteiger partial charge is 0.315 e. The summed E-state index contributed by atoms with van der Waals surface area (Å²) in [7, 11) is 1.41. The van der Waals surface area contributed by atoms with Crippen molar-refractivity contribution in [3.63, 3.8) is 0 Å². The molecule has 6 heteroatoms. The zero-order valence-electron chi connectivity index (χ0n) is 15.1. The molecule has 0 aromatic carbocycles. The van der Waals surface area contributed by atoms with Crippen molar-refractivity contribution in [3.8, 4) is 0 Å². The topological polar surface area (TPSA) is 85.4 Å². The molecule has 4 bridgehead atoms. The van der Waals surface area contributed by atoms with Crippen LogP contribution in [0.15, 0.2) is 12.2 Å². The van der Waals surface area contributed by atoms with Gasteiger partial charge in [-0.15, -0.1) is 0 Å². The van der Waals surface area contributed by atoms with Crippen LogP contribution in [0.25, 0.3) is 0 Å². The first-order valence-corrected chi connectivity index (χ1v) is 9.65. The van der Waals surface area contributed by atoms with E-state index in [1.54, 1.807) is 0 Å². The van der Waals surface area contributed by atoms with E-state index in [2.05, 4.69) is 6.58 Å². The van der Waals surface area contributed by atoms with Crippen LogP contribution in [0.2, 0.25) is 0 Å². The van der Waals surface area contributed by atoms with Crippen molar-refractivity contribution in [3.05, 3.63) is 12.2 Å². The lowest BCUT2D eigenvalue weighted by Crippen LogP contribution is -2.59. The number of aliphatic hydroxyl groups is 1. The van der Waals surface area contributed by atoms with E-state index in [0.717, 1.165) is 25.7 Å². The SMILES string of the molecule is C=C1C[C@]23C[C@H]1CC[C@H]2[C@@]12OC(=O)[C@@](C)([C@H]1[C@@H]3C(=O)OC)[C@H]1O[C@H]1[C@@H]2O. The van der Waals surface area contributed by atoms with Crippen LogP contribution < -0.4 is 0 Å². The molecule has 6 nitrogen and oxygen atoms in total. The average molecular weight is 360 g/mol. The van der Waals surface area contributed by atoms with Crippen molar-refractivity contribution in [2.75, 3.05) is 7.11 Å². The normalized spacial score (nSPS) is 60.8. The minimum absolute atomic E-state index is 0.0504. The van der Waals surface area contributed by atoms with Gasteiger partial charge in [-0.1, -0.05) is 12.2 Å². The van der Waals surface area contributed by atoms with E-state index in [-0.39, 0.29) is 35.5 Å². The molecule has 1 spiro atoms. The zero-order chi connectivity index (χ0) is 18.2. The molecule has 4 saturated carbocycles. The number of esters is 2. The van der Waals surface area contributed by atoms with Crippen LogP contribution in [0.3, 0.4) is 0 Å². The first-order chi connectivity index (χ1) is 12.3. The lowest BCUT2D eigenvalue weighted by atomic mass is 9.59. The summed E-state index contributed by atoms with van der Waals surface area (Å²) >= 11 is 0. The highest BCUT2D eigenvalue weighted by Gasteiger charge is 2.90. The van der Waals surface area contributed by atoms with E-state index in [0.29, 0.717) is 5.92 Å². The average Bonchev–Trinajstić information content (AvgIpc) is 3.29. The van der Waals surface area contributed by atoms with Gasteiger partial charge in [0.15, 0.2) is 0 Å². The Morgan fingerprint density at radius 1 is 1.38 bits per heavy atom. The van der Waals surface area contributed by atoms with Gasteiger partial charge in [0, 0.05) is 11.8 Å². The summed E-state index contributed by atoms with van der Waals surface area (Å²) in [5, 5.41) is 11.2. The number of fused-ring (bicyclic) bond motifs is 3. The summed E-state index contributed by atoms with van der Waals surface area (Å²) in [4.78, 5) is 26.0. The van der Waals surface area contributed by atoms with Crippen molar-refractivity contribution in [1.29, 1.82) is 0 Å². The van der Waals surface area contributed by atoms with Crippen LogP contribution in [0.1, 0.15) is 32.6 Å². The van der Waals surface area contributed by atoms with Crippen LogP contribution in [0, 0.1) is 34.5 Å². The maximum absolute atomic E-state index is 13.1. The molecule has 2 aliphatic heterocycles. The summed E-state index contributed by atoms with van der Waals surface area (Å²) in [5.74, 6) is -1.10. The third-order valence-electron chi connectivity index (χ3n) is 8.94. The summed E-state index contributed by atoms with van der Waals surface area (Å²) in [6.45, 7) is 6.14. The number of hydrogen-bond donors (Lipinski definition) is 1. The zero-order valence-corrected chi connectivity index (χ0v) is 15.1. The maximum Gasteiger partial charge on any atom is 0.315 e. The fraction of sp³-hybridized carbons (Fsp3) is 0.800. The van der Waals surface area contributed by atoms with Gasteiger partial charge in [-0.25, -0.2) is 0 Å². The molecular weight excluding hydrogens is 336 g/mol. The van der Waals surface area contributed by atoms with Gasteiger partial charge in [0.25, 0.3) is 0 Å². The third kappa shape index (κ3) is 1.28. The molecular formula is C20H24O6. The molecule has 6 aliphatic rings. The summed E-state index contributed by atoms with van der Waals surface area (Å²) in [6.07, 6.45) is 1.85. The second-order valence-corrected chi connectivity index (χ2v) is 9.57. The third-order valence-corrected chi connectivity index (χ3v) is 8.94. The molecule has 6 rings (SSSR count). The number of allylic oxidation sites excluding steroid dienone is 1. The molecule has 26 heavy (non-hydrogen) atoms. The Balaban J connectivity index is 1.62. The van der Waals surface area contributed by atoms with Gasteiger partial charge in [0.05, 0.1) is 13.0 Å². The van der Waals surface area contributed by atoms with Gasteiger partial charge in [-0.05, 0) is 43.9 Å². The fourth-order valence-electron chi connectivity index (χ4n) is 8.10. The summed E-state index contributed by atoms with van der Waals surface area (Å²) < 4.78 is 17.1. The molecule has 10 atom stereocenters. The first kappa shape index (κ1) is 15.6.